The van der Waals surface area contributed by atoms with Crippen molar-refractivity contribution in [1.29, 1.82) is 5.26 Å². The summed E-state index contributed by atoms with van der Waals surface area (Å²) in [6, 6.07) is 6.15. The number of nitro benzene ring substituents is 1. The monoisotopic (exact) mass is 236 g/mol. The predicted molar refractivity (Wildman–Crippen MR) is 60.0 cm³/mol. The van der Waals surface area contributed by atoms with Gasteiger partial charge in [0.05, 0.1) is 30.8 Å². The lowest BCUT2D eigenvalue weighted by molar-refractivity contribution is -0.384. The van der Waals surface area contributed by atoms with Crippen LogP contribution in [0.1, 0.15) is 12.8 Å². The van der Waals surface area contributed by atoms with Gasteiger partial charge in [-0.25, -0.2) is 0 Å². The molecule has 0 saturated carbocycles. The zero-order valence-electron chi connectivity index (χ0n) is 9.38. The Balaban J connectivity index is 2.72. The van der Waals surface area contributed by atoms with Gasteiger partial charge >= 0.3 is 0 Å². The fraction of sp³-hybridized carbons (Fsp3) is 0.364. The van der Waals surface area contributed by atoms with Gasteiger partial charge in [0.2, 0.25) is 0 Å². The molecule has 0 N–H and O–H groups in total. The number of methoxy groups -OCH3 is 1. The Morgan fingerprint density at radius 2 is 2.24 bits per heavy atom. The number of hydrogen-bond acceptors (Lipinski definition) is 5. The van der Waals surface area contributed by atoms with Crippen LogP contribution >= 0.6 is 0 Å². The number of benzene rings is 1. The SMILES string of the molecule is COc1cc([N+](=O)[O-])ccc1OCCCC#N. The first-order chi connectivity index (χ1) is 8.19. The maximum Gasteiger partial charge on any atom is 0.273 e. The van der Waals surface area contributed by atoms with E-state index in [9.17, 15) is 10.1 Å². The van der Waals surface area contributed by atoms with E-state index in [1.165, 1.54) is 25.3 Å². The molecular weight excluding hydrogens is 224 g/mol. The lowest BCUT2D eigenvalue weighted by atomic mass is 10.3. The van der Waals surface area contributed by atoms with Gasteiger partial charge in [0.25, 0.3) is 5.69 Å². The zero-order chi connectivity index (χ0) is 12.7. The number of nitriles is 1. The van der Waals surface area contributed by atoms with Crippen LogP contribution in [0.2, 0.25) is 0 Å². The molecule has 0 radical (unpaired) electrons. The summed E-state index contributed by atoms with van der Waals surface area (Å²) in [6.07, 6.45) is 1.02. The first-order valence-electron chi connectivity index (χ1n) is 5.01. The number of hydrogen-bond donors (Lipinski definition) is 0. The molecule has 1 rings (SSSR count). The van der Waals surface area contributed by atoms with Gasteiger partial charge in [-0.05, 0) is 12.5 Å². The van der Waals surface area contributed by atoms with E-state index in [2.05, 4.69) is 0 Å². The summed E-state index contributed by atoms with van der Waals surface area (Å²) in [5.74, 6) is 0.757. The number of nitrogens with zero attached hydrogens (tertiary/aromatic N) is 2. The third kappa shape index (κ3) is 3.65. The van der Waals surface area contributed by atoms with Gasteiger partial charge in [-0.1, -0.05) is 0 Å². The molecule has 0 aliphatic carbocycles. The maximum absolute atomic E-state index is 10.6. The molecule has 0 saturated heterocycles. The molecule has 0 amide bonds. The Hall–Kier alpha value is -2.29. The molecule has 1 aromatic rings. The van der Waals surface area contributed by atoms with Crippen molar-refractivity contribution in [3.63, 3.8) is 0 Å². The van der Waals surface area contributed by atoms with Crippen LogP contribution in [0.25, 0.3) is 0 Å². The minimum atomic E-state index is -0.498. The van der Waals surface area contributed by atoms with E-state index >= 15 is 0 Å². The number of non-ortho nitro benzene ring substituents is 1. The lowest BCUT2D eigenvalue weighted by Gasteiger charge is -2.09. The third-order valence-electron chi connectivity index (χ3n) is 2.05. The average molecular weight is 236 g/mol. The van der Waals surface area contributed by atoms with E-state index < -0.39 is 4.92 Å². The van der Waals surface area contributed by atoms with Gasteiger partial charge in [-0.2, -0.15) is 5.26 Å². The van der Waals surface area contributed by atoms with Crippen molar-refractivity contribution in [3.05, 3.63) is 28.3 Å². The van der Waals surface area contributed by atoms with Crippen LogP contribution in [0.4, 0.5) is 5.69 Å². The molecule has 0 aliphatic rings. The summed E-state index contributed by atoms with van der Waals surface area (Å²) in [4.78, 5) is 10.1. The molecule has 17 heavy (non-hydrogen) atoms. The molecule has 0 atom stereocenters. The molecule has 0 aromatic heterocycles. The molecule has 0 aliphatic heterocycles. The Bertz CT molecular complexity index is 440. The van der Waals surface area contributed by atoms with Gasteiger partial charge in [0.1, 0.15) is 0 Å². The van der Waals surface area contributed by atoms with E-state index in [0.29, 0.717) is 30.9 Å². The first kappa shape index (κ1) is 12.8. The number of rotatable bonds is 6. The van der Waals surface area contributed by atoms with Crippen LogP contribution < -0.4 is 9.47 Å². The molecule has 6 heteroatoms. The summed E-state index contributed by atoms with van der Waals surface area (Å²) in [5.41, 5.74) is -0.0498. The summed E-state index contributed by atoms with van der Waals surface area (Å²) in [5, 5.41) is 18.9. The molecular formula is C11H12N2O4. The highest BCUT2D eigenvalue weighted by atomic mass is 16.6. The quantitative estimate of drug-likeness (QED) is 0.429. The van der Waals surface area contributed by atoms with Gasteiger partial charge in [-0.15, -0.1) is 0 Å². The second-order valence-corrected chi connectivity index (χ2v) is 3.20. The minimum absolute atomic E-state index is 0.0498. The minimum Gasteiger partial charge on any atom is -0.493 e. The summed E-state index contributed by atoms with van der Waals surface area (Å²) in [6.45, 7) is 0.377. The van der Waals surface area contributed by atoms with Crippen LogP contribution in [0, 0.1) is 21.4 Å². The average Bonchev–Trinajstić information content (AvgIpc) is 2.34. The van der Waals surface area contributed by atoms with Gasteiger partial charge < -0.3 is 9.47 Å². The normalized spacial score (nSPS) is 9.41. The smallest absolute Gasteiger partial charge is 0.273 e. The van der Waals surface area contributed by atoms with Crippen LogP contribution in [-0.2, 0) is 0 Å². The first-order valence-corrected chi connectivity index (χ1v) is 5.01. The van der Waals surface area contributed by atoms with E-state index in [4.69, 9.17) is 14.7 Å². The molecule has 1 aromatic carbocycles. The Morgan fingerprint density at radius 3 is 2.82 bits per heavy atom. The predicted octanol–water partition coefficient (Wildman–Crippen LogP) is 2.29. The molecule has 0 unspecified atom stereocenters. The topological polar surface area (TPSA) is 85.4 Å². The molecule has 90 valence electrons. The van der Waals surface area contributed by atoms with Crippen molar-refractivity contribution in [3.8, 4) is 17.6 Å². The zero-order valence-corrected chi connectivity index (χ0v) is 9.38. The van der Waals surface area contributed by atoms with Crippen molar-refractivity contribution in [2.75, 3.05) is 13.7 Å². The van der Waals surface area contributed by atoms with E-state index in [0.717, 1.165) is 0 Å². The molecule has 6 nitrogen and oxygen atoms in total. The molecule has 0 fully saturated rings. The highest BCUT2D eigenvalue weighted by Crippen LogP contribution is 2.31. The van der Waals surface area contributed by atoms with Gasteiger partial charge in [0, 0.05) is 12.5 Å². The third-order valence-corrected chi connectivity index (χ3v) is 2.05. The van der Waals surface area contributed by atoms with Crippen molar-refractivity contribution in [2.24, 2.45) is 0 Å². The van der Waals surface area contributed by atoms with E-state index in [-0.39, 0.29) is 5.69 Å². The summed E-state index contributed by atoms with van der Waals surface area (Å²) in [7, 11) is 1.42. The molecule has 0 bridgehead atoms. The van der Waals surface area contributed by atoms with Crippen LogP contribution in [0.5, 0.6) is 11.5 Å². The fourth-order valence-electron chi connectivity index (χ4n) is 1.22. The Morgan fingerprint density at radius 1 is 1.47 bits per heavy atom. The highest BCUT2D eigenvalue weighted by Gasteiger charge is 2.11. The van der Waals surface area contributed by atoms with E-state index in [1.807, 2.05) is 6.07 Å². The number of unbranched alkanes of at least 4 members (excludes halogenated alkanes) is 1. The van der Waals surface area contributed by atoms with Crippen molar-refractivity contribution < 1.29 is 14.4 Å². The fourth-order valence-corrected chi connectivity index (χ4v) is 1.22. The lowest BCUT2D eigenvalue weighted by Crippen LogP contribution is -1.99. The Labute approximate surface area is 98.5 Å². The van der Waals surface area contributed by atoms with E-state index in [1.54, 1.807) is 0 Å². The number of ether oxygens (including phenoxy) is 2. The van der Waals surface area contributed by atoms with Crippen molar-refractivity contribution in [1.82, 2.24) is 0 Å². The Kier molecular flexibility index (Phi) is 4.76. The molecule has 0 heterocycles. The summed E-state index contributed by atoms with van der Waals surface area (Å²) < 4.78 is 10.4. The number of nitro groups is 1. The van der Waals surface area contributed by atoms with Crippen molar-refractivity contribution in [2.45, 2.75) is 12.8 Å². The largest absolute Gasteiger partial charge is 0.493 e. The molecule has 0 spiro atoms. The summed E-state index contributed by atoms with van der Waals surface area (Å²) >= 11 is 0. The van der Waals surface area contributed by atoms with Crippen LogP contribution in [-0.4, -0.2) is 18.6 Å². The second-order valence-electron chi connectivity index (χ2n) is 3.20. The van der Waals surface area contributed by atoms with Crippen molar-refractivity contribution >= 4 is 5.69 Å². The van der Waals surface area contributed by atoms with Crippen LogP contribution in [0.15, 0.2) is 18.2 Å². The van der Waals surface area contributed by atoms with Gasteiger partial charge in [-0.3, -0.25) is 10.1 Å². The maximum atomic E-state index is 10.6. The van der Waals surface area contributed by atoms with Gasteiger partial charge in [0.15, 0.2) is 11.5 Å². The highest BCUT2D eigenvalue weighted by molar-refractivity contribution is 5.48. The second kappa shape index (κ2) is 6.33. The van der Waals surface area contributed by atoms with Crippen LogP contribution in [0.3, 0.4) is 0 Å². The standard InChI is InChI=1S/C11H12N2O4/c1-16-11-8-9(13(14)15)4-5-10(11)17-7-3-2-6-12/h4-5,8H,2-3,7H2,1H3.